The number of fused-ring (bicyclic) bond motifs is 1. The van der Waals surface area contributed by atoms with Gasteiger partial charge in [-0.1, -0.05) is 0 Å². The average molecular weight is 242 g/mol. The van der Waals surface area contributed by atoms with Gasteiger partial charge in [-0.2, -0.15) is 0 Å². The lowest BCUT2D eigenvalue weighted by atomic mass is 9.40. The van der Waals surface area contributed by atoms with E-state index >= 15 is 0 Å². The van der Waals surface area contributed by atoms with Crippen LogP contribution < -0.4 is 0 Å². The number of carboxylic acid groups (broad SMARTS) is 2. The lowest BCUT2D eigenvalue weighted by molar-refractivity contribution is -0.209. The van der Waals surface area contributed by atoms with Crippen LogP contribution in [0, 0.1) is 22.7 Å². The van der Waals surface area contributed by atoms with Crippen LogP contribution in [0.5, 0.6) is 0 Å². The van der Waals surface area contributed by atoms with Gasteiger partial charge in [0.2, 0.25) is 0 Å². The standard InChI is InChI=1S/C10H10O7/c1-9(7(14)15)3(5(11)12)10(2)4(9)6(13)17-8(10)16/h3-4H,1-2H3,(H,11,12)(H,14,15). The molecule has 2 rings (SSSR count). The monoisotopic (exact) mass is 242 g/mol. The highest BCUT2D eigenvalue weighted by molar-refractivity contribution is 6.09. The molecule has 0 aromatic heterocycles. The molecule has 2 fully saturated rings. The van der Waals surface area contributed by atoms with Crippen molar-refractivity contribution in [3.63, 3.8) is 0 Å². The largest absolute Gasteiger partial charge is 0.481 e. The van der Waals surface area contributed by atoms with E-state index in [2.05, 4.69) is 4.74 Å². The Balaban J connectivity index is 2.59. The molecule has 0 radical (unpaired) electrons. The topological polar surface area (TPSA) is 118 Å². The summed E-state index contributed by atoms with van der Waals surface area (Å²) in [6, 6.07) is 0. The number of hydrogen-bond donors (Lipinski definition) is 2. The van der Waals surface area contributed by atoms with E-state index in [0.717, 1.165) is 6.92 Å². The third kappa shape index (κ3) is 0.968. The highest BCUT2D eigenvalue weighted by Gasteiger charge is 2.82. The Morgan fingerprint density at radius 1 is 1.24 bits per heavy atom. The van der Waals surface area contributed by atoms with Gasteiger partial charge in [0.15, 0.2) is 0 Å². The maximum atomic E-state index is 11.5. The van der Waals surface area contributed by atoms with Gasteiger partial charge in [0.05, 0.1) is 22.7 Å². The van der Waals surface area contributed by atoms with Gasteiger partial charge in [0.1, 0.15) is 0 Å². The van der Waals surface area contributed by atoms with Gasteiger partial charge in [0, 0.05) is 0 Å². The summed E-state index contributed by atoms with van der Waals surface area (Å²) in [7, 11) is 0. The molecule has 1 saturated heterocycles. The first-order chi connectivity index (χ1) is 7.68. The van der Waals surface area contributed by atoms with Gasteiger partial charge in [0.25, 0.3) is 0 Å². The molecule has 1 aliphatic carbocycles. The van der Waals surface area contributed by atoms with Crippen molar-refractivity contribution >= 4 is 23.9 Å². The van der Waals surface area contributed by atoms with E-state index in [1.54, 1.807) is 0 Å². The summed E-state index contributed by atoms with van der Waals surface area (Å²) in [6.45, 7) is 2.41. The van der Waals surface area contributed by atoms with Crippen molar-refractivity contribution in [1.29, 1.82) is 0 Å². The smallest absolute Gasteiger partial charge is 0.321 e. The van der Waals surface area contributed by atoms with E-state index in [0.29, 0.717) is 0 Å². The number of aliphatic carboxylic acids is 2. The summed E-state index contributed by atoms with van der Waals surface area (Å²) < 4.78 is 4.37. The highest BCUT2D eigenvalue weighted by atomic mass is 16.6. The van der Waals surface area contributed by atoms with Crippen LogP contribution in [0.3, 0.4) is 0 Å². The fourth-order valence-electron chi connectivity index (χ4n) is 3.23. The van der Waals surface area contributed by atoms with Gasteiger partial charge >= 0.3 is 23.9 Å². The first kappa shape index (κ1) is 11.6. The fourth-order valence-corrected chi connectivity index (χ4v) is 3.23. The van der Waals surface area contributed by atoms with Crippen LogP contribution in [0.1, 0.15) is 13.8 Å². The van der Waals surface area contributed by atoms with Gasteiger partial charge in [-0.05, 0) is 13.8 Å². The summed E-state index contributed by atoms with van der Waals surface area (Å²) in [4.78, 5) is 45.2. The van der Waals surface area contributed by atoms with Crippen molar-refractivity contribution in [3.8, 4) is 0 Å². The molecule has 92 valence electrons. The zero-order valence-corrected chi connectivity index (χ0v) is 9.09. The van der Waals surface area contributed by atoms with Gasteiger partial charge in [-0.3, -0.25) is 19.2 Å². The number of ether oxygens (including phenoxy) is 1. The number of carbonyl (C=O) groups is 4. The Hall–Kier alpha value is -1.92. The molecule has 4 unspecified atom stereocenters. The molecule has 7 heteroatoms. The predicted octanol–water partition coefficient (Wildman–Crippen LogP) is -0.502. The van der Waals surface area contributed by atoms with E-state index in [9.17, 15) is 19.2 Å². The molecule has 17 heavy (non-hydrogen) atoms. The molecule has 2 N–H and O–H groups in total. The van der Waals surface area contributed by atoms with Crippen LogP contribution in [0.15, 0.2) is 0 Å². The van der Waals surface area contributed by atoms with Gasteiger partial charge in [-0.25, -0.2) is 0 Å². The van der Waals surface area contributed by atoms with E-state index in [4.69, 9.17) is 10.2 Å². The number of cyclic esters (lactones) is 2. The lowest BCUT2D eigenvalue weighted by Gasteiger charge is -2.54. The third-order valence-electron chi connectivity index (χ3n) is 3.98. The van der Waals surface area contributed by atoms with Gasteiger partial charge < -0.3 is 14.9 Å². The predicted molar refractivity (Wildman–Crippen MR) is 49.6 cm³/mol. The van der Waals surface area contributed by atoms with Gasteiger partial charge in [-0.15, -0.1) is 0 Å². The number of carboxylic acids is 2. The zero-order chi connectivity index (χ0) is 13.2. The maximum Gasteiger partial charge on any atom is 0.321 e. The van der Waals surface area contributed by atoms with Crippen LogP contribution in [-0.4, -0.2) is 34.1 Å². The van der Waals surface area contributed by atoms with E-state index < -0.39 is 46.5 Å². The molecule has 2 aliphatic rings. The quantitative estimate of drug-likeness (QED) is 0.494. The highest BCUT2D eigenvalue weighted by Crippen LogP contribution is 2.67. The summed E-state index contributed by atoms with van der Waals surface area (Å²) in [5.74, 6) is -7.45. The molecule has 0 aromatic carbocycles. The molecule has 1 saturated carbocycles. The van der Waals surface area contributed by atoms with E-state index in [1.807, 2.05) is 0 Å². The van der Waals surface area contributed by atoms with Crippen LogP contribution in [0.2, 0.25) is 0 Å². The van der Waals surface area contributed by atoms with Crippen molar-refractivity contribution in [2.24, 2.45) is 22.7 Å². The van der Waals surface area contributed by atoms with Crippen molar-refractivity contribution in [2.75, 3.05) is 0 Å². The summed E-state index contributed by atoms with van der Waals surface area (Å²) in [5.41, 5.74) is -3.38. The van der Waals surface area contributed by atoms with Crippen molar-refractivity contribution in [2.45, 2.75) is 13.8 Å². The Morgan fingerprint density at radius 3 is 2.18 bits per heavy atom. The third-order valence-corrected chi connectivity index (χ3v) is 3.98. The zero-order valence-electron chi connectivity index (χ0n) is 9.09. The molecule has 0 spiro atoms. The maximum absolute atomic E-state index is 11.5. The summed E-state index contributed by atoms with van der Waals surface area (Å²) in [5, 5.41) is 18.1. The summed E-state index contributed by atoms with van der Waals surface area (Å²) >= 11 is 0. The number of carbonyl (C=O) groups excluding carboxylic acids is 2. The molecule has 0 aromatic rings. The Morgan fingerprint density at radius 2 is 1.76 bits per heavy atom. The van der Waals surface area contributed by atoms with Crippen molar-refractivity contribution < 1.29 is 34.1 Å². The first-order valence-electron chi connectivity index (χ1n) is 4.90. The number of rotatable bonds is 2. The normalized spacial score (nSPS) is 43.6. The minimum absolute atomic E-state index is 0.958. The van der Waals surface area contributed by atoms with E-state index in [1.165, 1.54) is 6.92 Å². The Bertz CT molecular complexity index is 467. The van der Waals surface area contributed by atoms with Crippen LogP contribution in [0.4, 0.5) is 0 Å². The minimum Gasteiger partial charge on any atom is -0.481 e. The fraction of sp³-hybridized carbons (Fsp3) is 0.600. The number of hydrogen-bond acceptors (Lipinski definition) is 5. The summed E-state index contributed by atoms with van der Waals surface area (Å²) in [6.07, 6.45) is 0. The first-order valence-corrected chi connectivity index (χ1v) is 4.90. The van der Waals surface area contributed by atoms with Crippen molar-refractivity contribution in [3.05, 3.63) is 0 Å². The lowest BCUT2D eigenvalue weighted by Crippen LogP contribution is -2.69. The molecule has 4 atom stereocenters. The second-order valence-corrected chi connectivity index (χ2v) is 4.78. The second kappa shape index (κ2) is 2.85. The molecular formula is C10H10O7. The van der Waals surface area contributed by atoms with Crippen LogP contribution in [0.25, 0.3) is 0 Å². The minimum atomic E-state index is -1.80. The average Bonchev–Trinajstić information content (AvgIpc) is 2.32. The number of esters is 2. The Labute approximate surface area is 95.4 Å². The SMILES string of the molecule is CC1(C(=O)O)C(C(=O)O)C2(C)C(=O)OC(=O)C12. The second-order valence-electron chi connectivity index (χ2n) is 4.78. The van der Waals surface area contributed by atoms with Crippen LogP contribution in [-0.2, 0) is 23.9 Å². The van der Waals surface area contributed by atoms with E-state index in [-0.39, 0.29) is 0 Å². The Kier molecular flexibility index (Phi) is 1.94. The molecule has 7 nitrogen and oxygen atoms in total. The molecule has 0 bridgehead atoms. The molecule has 0 amide bonds. The molecule has 1 aliphatic heterocycles. The van der Waals surface area contributed by atoms with Crippen LogP contribution >= 0.6 is 0 Å². The van der Waals surface area contributed by atoms with Crippen molar-refractivity contribution in [1.82, 2.24) is 0 Å². The molecular weight excluding hydrogens is 232 g/mol. The molecule has 1 heterocycles.